The van der Waals surface area contributed by atoms with Crippen LogP contribution >= 0.6 is 11.6 Å². The quantitative estimate of drug-likeness (QED) is 0.882. The number of nitrogens with one attached hydrogen (secondary N) is 1. The molecule has 0 aliphatic carbocycles. The lowest BCUT2D eigenvalue weighted by atomic mass is 10.00. The van der Waals surface area contributed by atoms with Gasteiger partial charge in [-0.1, -0.05) is 23.7 Å². The molecule has 106 valence electrons. The second-order valence-corrected chi connectivity index (χ2v) is 5.03. The van der Waals surface area contributed by atoms with Crippen molar-refractivity contribution in [3.05, 3.63) is 58.9 Å². The molecule has 1 atom stereocenters. The largest absolute Gasteiger partial charge is 0.497 e. The molecular weight excluding hydrogens is 272 g/mol. The lowest BCUT2D eigenvalue weighted by Crippen LogP contribution is -2.17. The van der Waals surface area contributed by atoms with Crippen molar-refractivity contribution in [3.63, 3.8) is 0 Å². The van der Waals surface area contributed by atoms with Crippen LogP contribution in [0.1, 0.15) is 23.6 Å². The SMILES string of the molecule is CNC(CCc1ccc(OC)cc1)c1ccncc1Cl. The Balaban J connectivity index is 2.02. The highest BCUT2D eigenvalue weighted by molar-refractivity contribution is 6.31. The van der Waals surface area contributed by atoms with E-state index in [0.717, 1.165) is 24.2 Å². The number of methoxy groups -OCH3 is 1. The van der Waals surface area contributed by atoms with Crippen LogP contribution in [-0.2, 0) is 6.42 Å². The molecule has 3 nitrogen and oxygen atoms in total. The number of halogens is 1. The number of benzene rings is 1. The van der Waals surface area contributed by atoms with Crippen molar-refractivity contribution < 1.29 is 4.74 Å². The number of rotatable bonds is 6. The van der Waals surface area contributed by atoms with Crippen LogP contribution < -0.4 is 10.1 Å². The van der Waals surface area contributed by atoms with Crippen molar-refractivity contribution in [1.82, 2.24) is 10.3 Å². The van der Waals surface area contributed by atoms with Crippen molar-refractivity contribution in [2.45, 2.75) is 18.9 Å². The number of hydrogen-bond acceptors (Lipinski definition) is 3. The maximum absolute atomic E-state index is 6.20. The standard InChI is InChI=1S/C16H19ClN2O/c1-18-16(14-9-10-19-11-15(14)17)8-5-12-3-6-13(20-2)7-4-12/h3-4,6-7,9-11,16,18H,5,8H2,1-2H3. The van der Waals surface area contributed by atoms with Crippen molar-refractivity contribution in [3.8, 4) is 5.75 Å². The maximum atomic E-state index is 6.20. The summed E-state index contributed by atoms with van der Waals surface area (Å²) in [5, 5.41) is 4.02. The first-order valence-electron chi connectivity index (χ1n) is 6.64. The van der Waals surface area contributed by atoms with E-state index in [0.29, 0.717) is 5.02 Å². The molecule has 1 N–H and O–H groups in total. The highest BCUT2D eigenvalue weighted by atomic mass is 35.5. The molecule has 0 aliphatic heterocycles. The highest BCUT2D eigenvalue weighted by Gasteiger charge is 2.12. The molecule has 2 aromatic rings. The lowest BCUT2D eigenvalue weighted by Gasteiger charge is -2.17. The van der Waals surface area contributed by atoms with Gasteiger partial charge in [0.2, 0.25) is 0 Å². The van der Waals surface area contributed by atoms with E-state index >= 15 is 0 Å². The molecule has 0 spiro atoms. The Bertz CT molecular complexity index is 542. The van der Waals surface area contributed by atoms with Crippen molar-refractivity contribution in [2.75, 3.05) is 14.2 Å². The normalized spacial score (nSPS) is 12.2. The molecule has 2 rings (SSSR count). The average Bonchev–Trinajstić information content (AvgIpc) is 2.50. The van der Waals surface area contributed by atoms with Crippen molar-refractivity contribution >= 4 is 11.6 Å². The van der Waals surface area contributed by atoms with Crippen LogP contribution in [-0.4, -0.2) is 19.1 Å². The van der Waals surface area contributed by atoms with Gasteiger partial charge in [-0.2, -0.15) is 0 Å². The molecule has 0 radical (unpaired) electrons. The molecule has 1 heterocycles. The molecule has 0 saturated heterocycles. The first-order valence-corrected chi connectivity index (χ1v) is 7.02. The second kappa shape index (κ2) is 7.27. The van der Waals surface area contributed by atoms with Gasteiger partial charge in [-0.25, -0.2) is 0 Å². The summed E-state index contributed by atoms with van der Waals surface area (Å²) in [5.41, 5.74) is 2.38. The van der Waals surface area contributed by atoms with Gasteiger partial charge in [0.05, 0.1) is 12.1 Å². The smallest absolute Gasteiger partial charge is 0.118 e. The molecule has 20 heavy (non-hydrogen) atoms. The Morgan fingerprint density at radius 3 is 2.60 bits per heavy atom. The molecule has 1 aromatic heterocycles. The summed E-state index contributed by atoms with van der Waals surface area (Å²) >= 11 is 6.20. The van der Waals surface area contributed by atoms with E-state index in [2.05, 4.69) is 22.4 Å². The summed E-state index contributed by atoms with van der Waals surface area (Å²) in [7, 11) is 3.63. The fourth-order valence-corrected chi connectivity index (χ4v) is 2.48. The zero-order chi connectivity index (χ0) is 14.4. The highest BCUT2D eigenvalue weighted by Crippen LogP contribution is 2.25. The molecule has 1 aromatic carbocycles. The fraction of sp³-hybridized carbons (Fsp3) is 0.312. The number of hydrogen-bond donors (Lipinski definition) is 1. The van der Waals surface area contributed by atoms with Gasteiger partial charge in [0.1, 0.15) is 5.75 Å². The average molecular weight is 291 g/mol. The Labute approximate surface area is 124 Å². The van der Waals surface area contributed by atoms with Crippen LogP contribution in [0.15, 0.2) is 42.7 Å². The van der Waals surface area contributed by atoms with Gasteiger partial charge < -0.3 is 10.1 Å². The lowest BCUT2D eigenvalue weighted by molar-refractivity contribution is 0.414. The minimum atomic E-state index is 0.229. The molecule has 0 aliphatic rings. The number of nitrogens with zero attached hydrogens (tertiary/aromatic N) is 1. The van der Waals surface area contributed by atoms with Gasteiger partial charge in [0.25, 0.3) is 0 Å². The summed E-state index contributed by atoms with van der Waals surface area (Å²) in [6, 6.07) is 10.4. The van der Waals surface area contributed by atoms with Gasteiger partial charge in [0.15, 0.2) is 0 Å². The summed E-state index contributed by atoms with van der Waals surface area (Å²) in [6.45, 7) is 0. The zero-order valence-corrected chi connectivity index (χ0v) is 12.5. The molecule has 4 heteroatoms. The first kappa shape index (κ1) is 14.8. The minimum Gasteiger partial charge on any atom is -0.497 e. The Kier molecular flexibility index (Phi) is 5.39. The van der Waals surface area contributed by atoms with Gasteiger partial charge in [-0.3, -0.25) is 4.98 Å². The van der Waals surface area contributed by atoms with E-state index < -0.39 is 0 Å². The Hall–Kier alpha value is -1.58. The van der Waals surface area contributed by atoms with E-state index in [1.165, 1.54) is 5.56 Å². The maximum Gasteiger partial charge on any atom is 0.118 e. The third-order valence-corrected chi connectivity index (χ3v) is 3.72. The van der Waals surface area contributed by atoms with E-state index in [9.17, 15) is 0 Å². The molecule has 0 saturated carbocycles. The number of aromatic nitrogens is 1. The summed E-state index contributed by atoms with van der Waals surface area (Å²) < 4.78 is 5.16. The zero-order valence-electron chi connectivity index (χ0n) is 11.8. The van der Waals surface area contributed by atoms with E-state index in [-0.39, 0.29) is 6.04 Å². The Morgan fingerprint density at radius 1 is 1.25 bits per heavy atom. The third kappa shape index (κ3) is 3.71. The number of pyridine rings is 1. The van der Waals surface area contributed by atoms with Gasteiger partial charge >= 0.3 is 0 Å². The summed E-state index contributed by atoms with van der Waals surface area (Å²) in [6.07, 6.45) is 5.42. The molecule has 0 bridgehead atoms. The third-order valence-electron chi connectivity index (χ3n) is 3.41. The van der Waals surface area contributed by atoms with E-state index in [1.54, 1.807) is 19.5 Å². The predicted molar refractivity (Wildman–Crippen MR) is 82.4 cm³/mol. The van der Waals surface area contributed by atoms with Crippen LogP contribution in [0.2, 0.25) is 5.02 Å². The topological polar surface area (TPSA) is 34.1 Å². The van der Waals surface area contributed by atoms with Crippen molar-refractivity contribution in [1.29, 1.82) is 0 Å². The van der Waals surface area contributed by atoms with Crippen LogP contribution in [0.25, 0.3) is 0 Å². The molecule has 0 amide bonds. The molecule has 0 fully saturated rings. The number of ether oxygens (including phenoxy) is 1. The second-order valence-electron chi connectivity index (χ2n) is 4.63. The fourth-order valence-electron chi connectivity index (χ4n) is 2.23. The van der Waals surface area contributed by atoms with E-state index in [1.807, 2.05) is 25.2 Å². The Morgan fingerprint density at radius 2 is 2.00 bits per heavy atom. The first-order chi connectivity index (χ1) is 9.74. The van der Waals surface area contributed by atoms with E-state index in [4.69, 9.17) is 16.3 Å². The summed E-state index contributed by atoms with van der Waals surface area (Å²) in [4.78, 5) is 4.03. The predicted octanol–water partition coefficient (Wildman–Crippen LogP) is 3.64. The molecule has 1 unspecified atom stereocenters. The molecular formula is C16H19ClN2O. The van der Waals surface area contributed by atoms with Crippen LogP contribution in [0, 0.1) is 0 Å². The van der Waals surface area contributed by atoms with Gasteiger partial charge in [-0.15, -0.1) is 0 Å². The number of aryl methyl sites for hydroxylation is 1. The van der Waals surface area contributed by atoms with Crippen LogP contribution in [0.5, 0.6) is 5.75 Å². The van der Waals surface area contributed by atoms with Crippen LogP contribution in [0.4, 0.5) is 0 Å². The van der Waals surface area contributed by atoms with Crippen LogP contribution in [0.3, 0.4) is 0 Å². The van der Waals surface area contributed by atoms with Gasteiger partial charge in [0, 0.05) is 18.4 Å². The monoisotopic (exact) mass is 290 g/mol. The summed E-state index contributed by atoms with van der Waals surface area (Å²) in [5.74, 6) is 0.885. The van der Waals surface area contributed by atoms with Crippen molar-refractivity contribution in [2.24, 2.45) is 0 Å². The minimum absolute atomic E-state index is 0.229. The van der Waals surface area contributed by atoms with Gasteiger partial charge in [-0.05, 0) is 49.2 Å².